The van der Waals surface area contributed by atoms with Crippen LogP contribution in [0.25, 0.3) is 10.4 Å². The SMILES string of the molecule is C=CCS(=O)(=O)N=[N+]=[N-].Cc1cccc(C)c1C. The van der Waals surface area contributed by atoms with Gasteiger partial charge in [-0.25, -0.2) is 8.42 Å². The van der Waals surface area contributed by atoms with E-state index in [2.05, 4.69) is 55.0 Å². The van der Waals surface area contributed by atoms with Crippen LogP contribution in [0.1, 0.15) is 16.7 Å². The minimum atomic E-state index is -3.59. The fourth-order valence-electron chi connectivity index (χ4n) is 1.14. The summed E-state index contributed by atoms with van der Waals surface area (Å²) in [6.45, 7) is 9.61. The van der Waals surface area contributed by atoms with Crippen LogP contribution in [0.15, 0.2) is 35.4 Å². The number of rotatable bonds is 3. The summed E-state index contributed by atoms with van der Waals surface area (Å²) in [5.41, 5.74) is 11.9. The average molecular weight is 267 g/mol. The van der Waals surface area contributed by atoms with Gasteiger partial charge >= 0.3 is 0 Å². The molecule has 0 spiro atoms. The summed E-state index contributed by atoms with van der Waals surface area (Å²) >= 11 is 0. The van der Waals surface area contributed by atoms with Crippen LogP contribution in [0.3, 0.4) is 0 Å². The number of aryl methyl sites for hydroxylation is 2. The summed E-state index contributed by atoms with van der Waals surface area (Å²) < 4.78 is 23.2. The van der Waals surface area contributed by atoms with E-state index in [1.165, 1.54) is 16.7 Å². The molecule has 0 aliphatic heterocycles. The van der Waals surface area contributed by atoms with Crippen molar-refractivity contribution >= 4 is 10.0 Å². The zero-order valence-electron chi connectivity index (χ0n) is 10.8. The third-order valence-electron chi connectivity index (χ3n) is 2.36. The summed E-state index contributed by atoms with van der Waals surface area (Å²) in [5.74, 6) is -0.308. The number of azide groups is 1. The number of benzene rings is 1. The Morgan fingerprint density at radius 1 is 1.33 bits per heavy atom. The van der Waals surface area contributed by atoms with Crippen molar-refractivity contribution in [3.05, 3.63) is 58.0 Å². The van der Waals surface area contributed by atoms with E-state index in [-0.39, 0.29) is 5.75 Å². The minimum absolute atomic E-state index is 0.308. The van der Waals surface area contributed by atoms with Crippen molar-refractivity contribution in [2.75, 3.05) is 5.75 Å². The smallest absolute Gasteiger partial charge is 0.221 e. The van der Waals surface area contributed by atoms with E-state index in [0.717, 1.165) is 6.08 Å². The highest BCUT2D eigenvalue weighted by Gasteiger charge is 2.01. The van der Waals surface area contributed by atoms with Crippen molar-refractivity contribution in [3.8, 4) is 0 Å². The first-order valence-electron chi connectivity index (χ1n) is 5.27. The van der Waals surface area contributed by atoms with Gasteiger partial charge in [0.1, 0.15) is 0 Å². The Morgan fingerprint density at radius 3 is 2.17 bits per heavy atom. The van der Waals surface area contributed by atoms with Gasteiger partial charge in [-0.3, -0.25) is 0 Å². The van der Waals surface area contributed by atoms with E-state index in [0.29, 0.717) is 0 Å². The second-order valence-corrected chi connectivity index (χ2v) is 5.39. The molecule has 0 amide bonds. The lowest BCUT2D eigenvalue weighted by atomic mass is 10.1. The molecule has 0 unspecified atom stereocenters. The molecule has 0 saturated heterocycles. The molecular formula is C12H17N3O2S. The van der Waals surface area contributed by atoms with Gasteiger partial charge in [-0.15, -0.1) is 6.58 Å². The van der Waals surface area contributed by atoms with Gasteiger partial charge in [0.05, 0.1) is 5.75 Å². The molecule has 0 aromatic heterocycles. The van der Waals surface area contributed by atoms with Gasteiger partial charge in [0.2, 0.25) is 10.0 Å². The van der Waals surface area contributed by atoms with Crippen LogP contribution in [0.4, 0.5) is 0 Å². The zero-order valence-corrected chi connectivity index (χ0v) is 11.6. The lowest BCUT2D eigenvalue weighted by Crippen LogP contribution is -1.96. The van der Waals surface area contributed by atoms with E-state index in [9.17, 15) is 8.42 Å². The number of hydrogen-bond acceptors (Lipinski definition) is 2. The molecule has 0 heterocycles. The highest BCUT2D eigenvalue weighted by Crippen LogP contribution is 2.09. The average Bonchev–Trinajstić information content (AvgIpc) is 2.26. The third-order valence-corrected chi connectivity index (χ3v) is 3.34. The Balaban J connectivity index is 0.000000321. The monoisotopic (exact) mass is 267 g/mol. The normalized spacial score (nSPS) is 9.72. The zero-order chi connectivity index (χ0) is 14.2. The van der Waals surface area contributed by atoms with Gasteiger partial charge in [0.25, 0.3) is 0 Å². The van der Waals surface area contributed by atoms with Crippen LogP contribution in [0.5, 0.6) is 0 Å². The van der Waals surface area contributed by atoms with Crippen molar-refractivity contribution in [1.82, 2.24) is 0 Å². The molecule has 0 aliphatic rings. The van der Waals surface area contributed by atoms with Gasteiger partial charge in [-0.2, -0.15) is 0 Å². The number of hydrogen-bond donors (Lipinski definition) is 0. The molecule has 1 aromatic carbocycles. The molecule has 6 heteroatoms. The highest BCUT2D eigenvalue weighted by molar-refractivity contribution is 7.90. The van der Waals surface area contributed by atoms with Crippen molar-refractivity contribution < 1.29 is 8.42 Å². The van der Waals surface area contributed by atoms with Crippen LogP contribution >= 0.6 is 0 Å². The largest absolute Gasteiger partial charge is 0.239 e. The maximum Gasteiger partial charge on any atom is 0.239 e. The van der Waals surface area contributed by atoms with Crippen LogP contribution < -0.4 is 0 Å². The van der Waals surface area contributed by atoms with Crippen LogP contribution in [0.2, 0.25) is 0 Å². The second kappa shape index (κ2) is 7.53. The highest BCUT2D eigenvalue weighted by atomic mass is 32.2. The molecule has 1 rings (SSSR count). The van der Waals surface area contributed by atoms with Crippen molar-refractivity contribution in [3.63, 3.8) is 0 Å². The van der Waals surface area contributed by atoms with Crippen LogP contribution in [-0.2, 0) is 10.0 Å². The van der Waals surface area contributed by atoms with Gasteiger partial charge in [-0.1, -0.05) is 24.3 Å². The lowest BCUT2D eigenvalue weighted by Gasteiger charge is -2.00. The summed E-state index contributed by atoms with van der Waals surface area (Å²) in [6.07, 6.45) is 1.16. The van der Waals surface area contributed by atoms with Crippen LogP contribution in [-0.4, -0.2) is 14.2 Å². The van der Waals surface area contributed by atoms with Gasteiger partial charge in [0, 0.05) is 9.43 Å². The summed E-state index contributed by atoms with van der Waals surface area (Å²) in [5, 5.41) is 0. The standard InChI is InChI=1S/C9H12.C3H5N3O2S/c1-7-5-4-6-8(2)9(7)3;1-2-3-9(7,8)6-5-4/h4-6H,1-3H3;2H,1,3H2. The van der Waals surface area contributed by atoms with E-state index >= 15 is 0 Å². The first-order chi connectivity index (χ1) is 8.34. The van der Waals surface area contributed by atoms with Gasteiger partial charge in [-0.05, 0) is 43.0 Å². The second-order valence-electron chi connectivity index (χ2n) is 3.73. The number of sulfonamides is 1. The fourth-order valence-corrected chi connectivity index (χ4v) is 1.61. The van der Waals surface area contributed by atoms with Gasteiger partial charge in [0.15, 0.2) is 0 Å². The molecule has 0 bridgehead atoms. The van der Waals surface area contributed by atoms with E-state index in [1.54, 1.807) is 0 Å². The van der Waals surface area contributed by atoms with Crippen molar-refractivity contribution in [2.45, 2.75) is 20.8 Å². The Bertz CT molecular complexity index is 538. The Hall–Kier alpha value is -1.78. The van der Waals surface area contributed by atoms with Crippen molar-refractivity contribution in [2.24, 2.45) is 4.52 Å². The molecule has 5 nitrogen and oxygen atoms in total. The Morgan fingerprint density at radius 2 is 1.83 bits per heavy atom. The fraction of sp³-hybridized carbons (Fsp3) is 0.333. The lowest BCUT2D eigenvalue weighted by molar-refractivity contribution is 0.600. The van der Waals surface area contributed by atoms with E-state index in [1.807, 2.05) is 0 Å². The topological polar surface area (TPSA) is 82.9 Å². The van der Waals surface area contributed by atoms with Crippen LogP contribution in [0, 0.1) is 20.8 Å². The first-order valence-corrected chi connectivity index (χ1v) is 6.87. The molecule has 98 valence electrons. The molecule has 0 saturated carbocycles. The maximum atomic E-state index is 10.3. The minimum Gasteiger partial charge on any atom is -0.221 e. The third kappa shape index (κ3) is 6.08. The Kier molecular flexibility index (Phi) is 6.78. The summed E-state index contributed by atoms with van der Waals surface area (Å²) in [7, 11) is -3.59. The maximum absolute atomic E-state index is 10.3. The van der Waals surface area contributed by atoms with Crippen molar-refractivity contribution in [1.29, 1.82) is 0 Å². The predicted octanol–water partition coefficient (Wildman–Crippen LogP) is 3.42. The first kappa shape index (κ1) is 16.2. The molecule has 1 aromatic rings. The van der Waals surface area contributed by atoms with E-state index < -0.39 is 10.0 Å². The molecule has 0 fully saturated rings. The Labute approximate surface area is 108 Å². The summed E-state index contributed by atoms with van der Waals surface area (Å²) in [6, 6.07) is 6.38. The molecule has 0 radical (unpaired) electrons. The quantitative estimate of drug-likeness (QED) is 0.364. The van der Waals surface area contributed by atoms with Gasteiger partial charge < -0.3 is 0 Å². The molecule has 0 N–H and O–H groups in total. The molecule has 0 aliphatic carbocycles. The molecular weight excluding hydrogens is 250 g/mol. The molecule has 0 atom stereocenters. The summed E-state index contributed by atoms with van der Waals surface area (Å²) in [4.78, 5) is 2.12. The van der Waals surface area contributed by atoms with E-state index in [4.69, 9.17) is 5.53 Å². The predicted molar refractivity (Wildman–Crippen MR) is 73.8 cm³/mol. The number of nitrogens with zero attached hydrogens (tertiary/aromatic N) is 3. The molecule has 18 heavy (non-hydrogen) atoms.